The zero-order chi connectivity index (χ0) is 19.4. The third-order valence-corrected chi connectivity index (χ3v) is 3.53. The molecule has 0 bridgehead atoms. The molecule has 27 heavy (non-hydrogen) atoms. The third kappa shape index (κ3) is 4.17. The van der Waals surface area contributed by atoms with Gasteiger partial charge in [0.05, 0.1) is 19.0 Å². The molecule has 2 aromatic heterocycles. The fourth-order valence-electron chi connectivity index (χ4n) is 2.29. The minimum absolute atomic E-state index is 0.0275. The number of halogens is 3. The molecule has 0 aliphatic carbocycles. The van der Waals surface area contributed by atoms with Crippen molar-refractivity contribution in [1.82, 2.24) is 19.7 Å². The second kappa shape index (κ2) is 7.62. The largest absolute Gasteiger partial charge is 0.492 e. The maximum absolute atomic E-state index is 13.1. The topological polar surface area (TPSA) is 88.1 Å². The fraction of sp³-hybridized carbons (Fsp3) is 0.235. The van der Waals surface area contributed by atoms with E-state index in [1.54, 1.807) is 30.3 Å². The smallest absolute Gasteiger partial charge is 0.453 e. The van der Waals surface area contributed by atoms with Gasteiger partial charge in [-0.1, -0.05) is 0 Å². The Morgan fingerprint density at radius 2 is 1.85 bits per heavy atom. The molecule has 7 nitrogen and oxygen atoms in total. The Bertz CT molecular complexity index is 892. The minimum atomic E-state index is -4.68. The second-order valence-corrected chi connectivity index (χ2v) is 5.39. The van der Waals surface area contributed by atoms with E-state index in [-0.39, 0.29) is 5.82 Å². The van der Waals surface area contributed by atoms with Gasteiger partial charge >= 0.3 is 6.18 Å². The highest BCUT2D eigenvalue weighted by Crippen LogP contribution is 2.31. The number of pyridine rings is 1. The van der Waals surface area contributed by atoms with Crippen LogP contribution in [0.5, 0.6) is 11.6 Å². The Morgan fingerprint density at radius 3 is 2.41 bits per heavy atom. The van der Waals surface area contributed by atoms with Crippen LogP contribution in [0.2, 0.25) is 0 Å². The fourth-order valence-corrected chi connectivity index (χ4v) is 2.29. The summed E-state index contributed by atoms with van der Waals surface area (Å²) in [7, 11) is 1.44. The lowest BCUT2D eigenvalue weighted by molar-refractivity contribution is -0.144. The number of nitrogens with zero attached hydrogens (tertiary/aromatic N) is 4. The summed E-state index contributed by atoms with van der Waals surface area (Å²) in [4.78, 5) is 7.67. The summed E-state index contributed by atoms with van der Waals surface area (Å²) in [5, 5.41) is 3.61. The van der Waals surface area contributed by atoms with E-state index in [1.165, 1.54) is 19.4 Å². The molecule has 0 amide bonds. The molecule has 0 atom stereocenters. The van der Waals surface area contributed by atoms with Gasteiger partial charge in [0.15, 0.2) is 5.82 Å². The van der Waals surface area contributed by atoms with E-state index in [0.29, 0.717) is 36.0 Å². The van der Waals surface area contributed by atoms with E-state index in [9.17, 15) is 13.2 Å². The average Bonchev–Trinajstić information content (AvgIpc) is 3.13. The molecule has 0 saturated carbocycles. The second-order valence-electron chi connectivity index (χ2n) is 5.39. The summed E-state index contributed by atoms with van der Waals surface area (Å²) in [5.74, 6) is -0.327. The monoisotopic (exact) mass is 379 g/mol. The quantitative estimate of drug-likeness (QED) is 0.709. The van der Waals surface area contributed by atoms with Crippen LogP contribution < -0.4 is 15.2 Å². The first kappa shape index (κ1) is 18.6. The van der Waals surface area contributed by atoms with Crippen LogP contribution in [0.15, 0.2) is 42.6 Å². The number of benzene rings is 1. The highest BCUT2D eigenvalue weighted by atomic mass is 19.4. The first-order chi connectivity index (χ1) is 12.9. The van der Waals surface area contributed by atoms with Crippen LogP contribution in [0, 0.1) is 0 Å². The van der Waals surface area contributed by atoms with Gasteiger partial charge in [0, 0.05) is 18.2 Å². The lowest BCUT2D eigenvalue weighted by atomic mass is 10.2. The van der Waals surface area contributed by atoms with Crippen LogP contribution in [0.3, 0.4) is 0 Å². The van der Waals surface area contributed by atoms with Crippen molar-refractivity contribution in [3.05, 3.63) is 48.4 Å². The van der Waals surface area contributed by atoms with E-state index >= 15 is 0 Å². The Hall–Kier alpha value is -3.14. The lowest BCUT2D eigenvalue weighted by Gasteiger charge is -2.08. The first-order valence-corrected chi connectivity index (χ1v) is 7.90. The molecule has 10 heteroatoms. The summed E-state index contributed by atoms with van der Waals surface area (Å²) in [6.45, 7) is 0.695. The van der Waals surface area contributed by atoms with E-state index in [1.807, 2.05) is 0 Å². The molecule has 0 saturated heterocycles. The van der Waals surface area contributed by atoms with E-state index in [0.717, 1.165) is 4.68 Å². The summed E-state index contributed by atoms with van der Waals surface area (Å²) >= 11 is 0. The van der Waals surface area contributed by atoms with Crippen molar-refractivity contribution in [2.45, 2.75) is 6.18 Å². The van der Waals surface area contributed by atoms with Crippen molar-refractivity contribution in [3.8, 4) is 28.7 Å². The number of alkyl halides is 3. The van der Waals surface area contributed by atoms with Crippen LogP contribution in [0.1, 0.15) is 5.82 Å². The van der Waals surface area contributed by atoms with Gasteiger partial charge < -0.3 is 15.2 Å². The highest BCUT2D eigenvalue weighted by Gasteiger charge is 2.37. The molecule has 0 fully saturated rings. The van der Waals surface area contributed by atoms with Crippen LogP contribution in [0.4, 0.5) is 13.2 Å². The van der Waals surface area contributed by atoms with E-state index in [2.05, 4.69) is 15.1 Å². The SMILES string of the molecule is COc1ccc(-n2nc(C(F)(F)F)nc2-c2ccc(OCCN)cc2)cn1. The lowest BCUT2D eigenvalue weighted by Crippen LogP contribution is -2.10. The zero-order valence-electron chi connectivity index (χ0n) is 14.3. The molecule has 2 heterocycles. The number of nitrogens with two attached hydrogens (primary N) is 1. The molecule has 2 N–H and O–H groups in total. The van der Waals surface area contributed by atoms with Crippen LogP contribution >= 0.6 is 0 Å². The Morgan fingerprint density at radius 1 is 1.11 bits per heavy atom. The van der Waals surface area contributed by atoms with Crippen LogP contribution in [0.25, 0.3) is 17.1 Å². The number of ether oxygens (including phenoxy) is 2. The average molecular weight is 379 g/mol. The van der Waals surface area contributed by atoms with Gasteiger partial charge in [-0.2, -0.15) is 13.2 Å². The highest BCUT2D eigenvalue weighted by molar-refractivity contribution is 5.59. The van der Waals surface area contributed by atoms with Gasteiger partial charge in [-0.3, -0.25) is 0 Å². The summed E-state index contributed by atoms with van der Waals surface area (Å²) < 4.78 is 50.8. The molecule has 0 unspecified atom stereocenters. The number of rotatable bonds is 6. The maximum Gasteiger partial charge on any atom is 0.453 e. The summed E-state index contributed by atoms with van der Waals surface area (Å²) in [6, 6.07) is 9.53. The first-order valence-electron chi connectivity index (χ1n) is 7.90. The number of methoxy groups -OCH3 is 1. The van der Waals surface area contributed by atoms with Crippen molar-refractivity contribution < 1.29 is 22.6 Å². The van der Waals surface area contributed by atoms with Crippen molar-refractivity contribution >= 4 is 0 Å². The van der Waals surface area contributed by atoms with Gasteiger partial charge in [-0.05, 0) is 30.3 Å². The number of hydrogen-bond donors (Lipinski definition) is 1. The van der Waals surface area contributed by atoms with Crippen molar-refractivity contribution in [3.63, 3.8) is 0 Å². The molecular formula is C17H16F3N5O2. The Kier molecular flexibility index (Phi) is 5.26. The van der Waals surface area contributed by atoms with Crippen LogP contribution in [-0.4, -0.2) is 40.0 Å². The molecule has 3 aromatic rings. The molecule has 0 spiro atoms. The standard InChI is InChI=1S/C17H16F3N5O2/c1-26-14-7-4-12(10-22-14)25-15(23-16(24-25)17(18,19)20)11-2-5-13(6-3-11)27-9-8-21/h2-7,10H,8-9,21H2,1H3. The molecule has 1 aromatic carbocycles. The third-order valence-electron chi connectivity index (χ3n) is 3.53. The van der Waals surface area contributed by atoms with Crippen molar-refractivity contribution in [1.29, 1.82) is 0 Å². The van der Waals surface area contributed by atoms with Crippen molar-refractivity contribution in [2.75, 3.05) is 20.3 Å². The minimum Gasteiger partial charge on any atom is -0.492 e. The number of aromatic nitrogens is 4. The van der Waals surface area contributed by atoms with E-state index < -0.39 is 12.0 Å². The molecule has 0 aliphatic rings. The maximum atomic E-state index is 13.1. The molecule has 0 radical (unpaired) electrons. The van der Waals surface area contributed by atoms with Gasteiger partial charge in [0.25, 0.3) is 5.82 Å². The zero-order valence-corrected chi connectivity index (χ0v) is 14.3. The van der Waals surface area contributed by atoms with Gasteiger partial charge in [0.1, 0.15) is 12.4 Å². The predicted octanol–water partition coefficient (Wildman–Crippen LogP) is 2.69. The Balaban J connectivity index is 2.03. The molecule has 142 valence electrons. The molecule has 3 rings (SSSR count). The summed E-state index contributed by atoms with van der Waals surface area (Å²) in [5.41, 5.74) is 6.13. The van der Waals surface area contributed by atoms with Gasteiger partial charge in [0.2, 0.25) is 5.88 Å². The van der Waals surface area contributed by atoms with Gasteiger partial charge in [-0.25, -0.2) is 14.6 Å². The van der Waals surface area contributed by atoms with Crippen LogP contribution in [-0.2, 0) is 6.18 Å². The Labute approximate surface area is 152 Å². The molecule has 0 aliphatic heterocycles. The molecular weight excluding hydrogens is 363 g/mol. The van der Waals surface area contributed by atoms with E-state index in [4.69, 9.17) is 15.2 Å². The summed E-state index contributed by atoms with van der Waals surface area (Å²) in [6.07, 6.45) is -3.32. The number of hydrogen-bond acceptors (Lipinski definition) is 6. The van der Waals surface area contributed by atoms with Gasteiger partial charge in [-0.15, -0.1) is 5.10 Å². The predicted molar refractivity (Wildman–Crippen MR) is 90.7 cm³/mol. The normalized spacial score (nSPS) is 11.4. The van der Waals surface area contributed by atoms with Crippen molar-refractivity contribution in [2.24, 2.45) is 5.73 Å².